The molecule has 2 aromatic carbocycles. The zero-order valence-electron chi connectivity index (χ0n) is 11.0. The van der Waals surface area contributed by atoms with Gasteiger partial charge in [0.2, 0.25) is 0 Å². The van der Waals surface area contributed by atoms with Gasteiger partial charge >= 0.3 is 0 Å². The van der Waals surface area contributed by atoms with Crippen LogP contribution >= 0.6 is 7.14 Å². The van der Waals surface area contributed by atoms with E-state index < -0.39 is 7.14 Å². The van der Waals surface area contributed by atoms with Crippen molar-refractivity contribution in [2.24, 2.45) is 0 Å². The van der Waals surface area contributed by atoms with Gasteiger partial charge < -0.3 is 9.88 Å². The molecule has 4 heteroatoms. The van der Waals surface area contributed by atoms with Crippen LogP contribution in [0.3, 0.4) is 0 Å². The molecule has 0 aliphatic rings. The number of carbonyl (C=O) groups is 1. The summed E-state index contributed by atoms with van der Waals surface area (Å²) >= 11 is 0. The van der Waals surface area contributed by atoms with Crippen LogP contribution in [0.25, 0.3) is 0 Å². The number of rotatable bonds is 3. The van der Waals surface area contributed by atoms with Crippen LogP contribution in [-0.4, -0.2) is 19.2 Å². The van der Waals surface area contributed by atoms with Gasteiger partial charge in [-0.1, -0.05) is 30.3 Å². The average molecular weight is 273 g/mol. The van der Waals surface area contributed by atoms with E-state index in [1.807, 2.05) is 30.3 Å². The van der Waals surface area contributed by atoms with Crippen molar-refractivity contribution in [3.05, 3.63) is 60.2 Å². The van der Waals surface area contributed by atoms with Gasteiger partial charge in [-0.2, -0.15) is 0 Å². The predicted octanol–water partition coefficient (Wildman–Crippen LogP) is 3.19. The van der Waals surface area contributed by atoms with Crippen LogP contribution in [0.1, 0.15) is 10.4 Å². The van der Waals surface area contributed by atoms with Crippen molar-refractivity contribution in [1.82, 2.24) is 0 Å². The van der Waals surface area contributed by atoms with Crippen LogP contribution in [-0.2, 0) is 4.57 Å². The summed E-state index contributed by atoms with van der Waals surface area (Å²) in [6.07, 6.45) is 0. The van der Waals surface area contributed by atoms with E-state index in [1.165, 1.54) is 0 Å². The van der Waals surface area contributed by atoms with Crippen LogP contribution in [0.15, 0.2) is 54.6 Å². The number of para-hydroxylation sites is 1. The summed E-state index contributed by atoms with van der Waals surface area (Å²) in [5.41, 5.74) is 1.31. The Morgan fingerprint density at radius 2 is 1.53 bits per heavy atom. The molecular weight excluding hydrogens is 257 g/mol. The molecule has 0 fully saturated rings. The summed E-state index contributed by atoms with van der Waals surface area (Å²) in [7, 11) is -2.27. The van der Waals surface area contributed by atoms with Crippen LogP contribution < -0.4 is 10.6 Å². The molecule has 0 aliphatic carbocycles. The summed E-state index contributed by atoms with van der Waals surface area (Å²) in [6.45, 7) is 3.43. The van der Waals surface area contributed by atoms with E-state index in [9.17, 15) is 9.36 Å². The predicted molar refractivity (Wildman–Crippen MR) is 79.9 cm³/mol. The van der Waals surface area contributed by atoms with Crippen molar-refractivity contribution < 1.29 is 9.36 Å². The third-order valence-corrected chi connectivity index (χ3v) is 4.32. The fraction of sp³-hybridized carbons (Fsp3) is 0.133. The lowest BCUT2D eigenvalue weighted by Gasteiger charge is -2.08. The number of carbonyl (C=O) groups excluding carboxylic acids is 1. The molecule has 2 aromatic rings. The topological polar surface area (TPSA) is 46.2 Å². The van der Waals surface area contributed by atoms with Gasteiger partial charge in [0, 0.05) is 16.6 Å². The van der Waals surface area contributed by atoms with E-state index in [4.69, 9.17) is 0 Å². The van der Waals surface area contributed by atoms with Gasteiger partial charge in [-0.15, -0.1) is 0 Å². The van der Waals surface area contributed by atoms with Crippen LogP contribution in [0.2, 0.25) is 0 Å². The minimum Gasteiger partial charge on any atom is -0.322 e. The smallest absolute Gasteiger partial charge is 0.255 e. The Kier molecular flexibility index (Phi) is 3.87. The molecule has 0 aliphatic heterocycles. The van der Waals surface area contributed by atoms with E-state index in [0.717, 1.165) is 11.0 Å². The zero-order chi connectivity index (χ0) is 13.9. The number of anilines is 1. The molecule has 0 bridgehead atoms. The Bertz CT molecular complexity index is 614. The Morgan fingerprint density at radius 3 is 2.05 bits per heavy atom. The highest BCUT2D eigenvalue weighted by Gasteiger charge is 2.12. The quantitative estimate of drug-likeness (QED) is 0.873. The first-order valence-corrected chi connectivity index (χ1v) is 8.59. The van der Waals surface area contributed by atoms with E-state index in [-0.39, 0.29) is 5.91 Å². The molecule has 0 saturated heterocycles. The number of hydrogen-bond acceptors (Lipinski definition) is 2. The Morgan fingerprint density at radius 1 is 0.947 bits per heavy atom. The molecule has 19 heavy (non-hydrogen) atoms. The second kappa shape index (κ2) is 5.41. The number of amides is 1. The van der Waals surface area contributed by atoms with Gasteiger partial charge in [0.05, 0.1) is 0 Å². The first-order chi connectivity index (χ1) is 8.97. The zero-order valence-corrected chi connectivity index (χ0v) is 11.9. The molecule has 0 atom stereocenters. The molecule has 0 heterocycles. The Hall–Kier alpha value is -1.86. The summed E-state index contributed by atoms with van der Waals surface area (Å²) in [5.74, 6) is -0.167. The molecule has 0 aromatic heterocycles. The van der Waals surface area contributed by atoms with Gasteiger partial charge in [-0.25, -0.2) is 0 Å². The largest absolute Gasteiger partial charge is 0.322 e. The highest BCUT2D eigenvalue weighted by Crippen LogP contribution is 2.34. The summed E-state index contributed by atoms with van der Waals surface area (Å²) in [5, 5.41) is 3.59. The second-order valence-electron chi connectivity index (χ2n) is 4.72. The number of hydrogen-bond donors (Lipinski definition) is 1. The van der Waals surface area contributed by atoms with E-state index >= 15 is 0 Å². The van der Waals surface area contributed by atoms with E-state index in [1.54, 1.807) is 37.6 Å². The van der Waals surface area contributed by atoms with Gasteiger partial charge in [-0.05, 0) is 37.6 Å². The lowest BCUT2D eigenvalue weighted by Crippen LogP contribution is -2.13. The van der Waals surface area contributed by atoms with Crippen molar-refractivity contribution in [3.8, 4) is 0 Å². The van der Waals surface area contributed by atoms with Crippen LogP contribution in [0.5, 0.6) is 0 Å². The lowest BCUT2D eigenvalue weighted by molar-refractivity contribution is 0.102. The van der Waals surface area contributed by atoms with E-state index in [0.29, 0.717) is 5.56 Å². The lowest BCUT2D eigenvalue weighted by atomic mass is 10.2. The standard InChI is InChI=1S/C15H16NO2P/c1-19(2,18)14-10-8-12(9-11-14)15(17)16-13-6-4-3-5-7-13/h3-11H,1-2H3,(H,16,17). The summed E-state index contributed by atoms with van der Waals surface area (Å²) < 4.78 is 11.9. The average Bonchev–Trinajstić information content (AvgIpc) is 2.39. The van der Waals surface area contributed by atoms with Gasteiger partial charge in [0.1, 0.15) is 7.14 Å². The third-order valence-electron chi connectivity index (χ3n) is 2.78. The molecule has 0 saturated carbocycles. The Balaban J connectivity index is 2.15. The number of nitrogens with one attached hydrogen (secondary N) is 1. The molecule has 1 amide bonds. The number of benzene rings is 2. The molecule has 1 N–H and O–H groups in total. The molecule has 0 radical (unpaired) electrons. The monoisotopic (exact) mass is 273 g/mol. The van der Waals surface area contributed by atoms with Crippen molar-refractivity contribution in [2.45, 2.75) is 0 Å². The van der Waals surface area contributed by atoms with Gasteiger partial charge in [-0.3, -0.25) is 4.79 Å². The fourth-order valence-electron chi connectivity index (χ4n) is 1.70. The maximum Gasteiger partial charge on any atom is 0.255 e. The van der Waals surface area contributed by atoms with Crippen LogP contribution in [0, 0.1) is 0 Å². The normalized spacial score (nSPS) is 11.1. The van der Waals surface area contributed by atoms with Crippen molar-refractivity contribution >= 4 is 24.0 Å². The first kappa shape index (κ1) is 13.6. The second-order valence-corrected chi connectivity index (χ2v) is 7.94. The first-order valence-electron chi connectivity index (χ1n) is 5.99. The highest BCUT2D eigenvalue weighted by atomic mass is 31.2. The molecular formula is C15H16NO2P. The molecule has 2 rings (SSSR count). The molecule has 0 spiro atoms. The maximum absolute atomic E-state index is 12.0. The van der Waals surface area contributed by atoms with Crippen molar-refractivity contribution in [3.63, 3.8) is 0 Å². The van der Waals surface area contributed by atoms with Crippen LogP contribution in [0.4, 0.5) is 5.69 Å². The summed E-state index contributed by atoms with van der Waals surface area (Å²) in [6, 6.07) is 16.2. The minimum absolute atomic E-state index is 0.167. The van der Waals surface area contributed by atoms with Gasteiger partial charge in [0.25, 0.3) is 5.91 Å². The third kappa shape index (κ3) is 3.55. The van der Waals surface area contributed by atoms with Gasteiger partial charge in [0.15, 0.2) is 0 Å². The SMILES string of the molecule is CP(C)(=O)c1ccc(C(=O)Nc2ccccc2)cc1. The molecule has 98 valence electrons. The maximum atomic E-state index is 12.0. The highest BCUT2D eigenvalue weighted by molar-refractivity contribution is 7.70. The van der Waals surface area contributed by atoms with E-state index in [2.05, 4.69) is 5.32 Å². The minimum atomic E-state index is -2.27. The molecule has 3 nitrogen and oxygen atoms in total. The Labute approximate surface area is 113 Å². The summed E-state index contributed by atoms with van der Waals surface area (Å²) in [4.78, 5) is 12.0. The fourth-order valence-corrected chi connectivity index (χ4v) is 2.56. The van der Waals surface area contributed by atoms with Crippen molar-refractivity contribution in [1.29, 1.82) is 0 Å². The molecule has 0 unspecified atom stereocenters. The van der Waals surface area contributed by atoms with Crippen molar-refractivity contribution in [2.75, 3.05) is 18.6 Å².